The Labute approximate surface area is 158 Å². The lowest BCUT2D eigenvalue weighted by Gasteiger charge is -2.37. The van der Waals surface area contributed by atoms with Gasteiger partial charge < -0.3 is 19.7 Å². The first-order valence-corrected chi connectivity index (χ1v) is 9.42. The zero-order valence-corrected chi connectivity index (χ0v) is 17.0. The smallest absolute Gasteiger partial charge is 0.410 e. The van der Waals surface area contributed by atoms with Crippen molar-refractivity contribution in [3.63, 3.8) is 0 Å². The Morgan fingerprint density at radius 2 is 2.17 bits per heavy atom. The van der Waals surface area contributed by atoms with E-state index in [0.717, 1.165) is 12.1 Å². The molecule has 1 fully saturated rings. The Morgan fingerprint density at radius 1 is 1.46 bits per heavy atom. The number of anilines is 1. The molecule has 134 valence electrons. The summed E-state index contributed by atoms with van der Waals surface area (Å²) in [6.07, 6.45) is 0.557. The number of carbonyl (C=O) groups excluding carboxylic acids is 1. The molecule has 1 aliphatic rings. The topological polar surface area (TPSA) is 50.8 Å². The van der Waals surface area contributed by atoms with Gasteiger partial charge >= 0.3 is 6.09 Å². The molecule has 1 saturated heterocycles. The van der Waals surface area contributed by atoms with Gasteiger partial charge in [-0.25, -0.2) is 4.79 Å². The highest BCUT2D eigenvalue weighted by molar-refractivity contribution is 14.1. The number of benzene rings is 1. The van der Waals surface area contributed by atoms with Gasteiger partial charge in [0, 0.05) is 21.8 Å². The number of carbonyl (C=O) groups is 1. The minimum atomic E-state index is -0.482. The maximum atomic E-state index is 12.4. The number of nitrogens with one attached hydrogen (secondary N) is 1. The van der Waals surface area contributed by atoms with Crippen LogP contribution in [0.4, 0.5) is 10.5 Å². The normalized spacial score (nSPS) is 19.7. The molecule has 1 aromatic rings. The van der Waals surface area contributed by atoms with Crippen LogP contribution in [0.3, 0.4) is 0 Å². The Balaban J connectivity index is 1.97. The van der Waals surface area contributed by atoms with Crippen molar-refractivity contribution in [1.29, 1.82) is 0 Å². The number of rotatable bonds is 4. The van der Waals surface area contributed by atoms with Crippen molar-refractivity contribution in [2.24, 2.45) is 0 Å². The van der Waals surface area contributed by atoms with Crippen molar-refractivity contribution >= 4 is 34.4 Å². The number of nitrogens with zero attached hydrogens (tertiary/aromatic N) is 1. The number of ether oxygens (including phenoxy) is 2. The van der Waals surface area contributed by atoms with E-state index in [1.807, 2.05) is 37.8 Å². The zero-order valence-electron chi connectivity index (χ0n) is 14.8. The molecule has 1 heterocycles. The minimum Gasteiger partial charge on any atom is -0.444 e. The summed E-state index contributed by atoms with van der Waals surface area (Å²) in [5.74, 6) is 0. The average molecular weight is 446 g/mol. The molecule has 1 aromatic carbocycles. The van der Waals surface area contributed by atoms with E-state index in [1.165, 1.54) is 3.57 Å². The molecule has 5 nitrogen and oxygen atoms in total. The zero-order chi connectivity index (χ0) is 17.7. The van der Waals surface area contributed by atoms with Gasteiger partial charge in [-0.1, -0.05) is 12.1 Å². The van der Waals surface area contributed by atoms with Crippen LogP contribution in [0.1, 0.15) is 34.1 Å². The average Bonchev–Trinajstić information content (AvgIpc) is 2.48. The summed E-state index contributed by atoms with van der Waals surface area (Å²) in [4.78, 5) is 14.3. The molecular weight excluding hydrogens is 419 g/mol. The quantitative estimate of drug-likeness (QED) is 0.708. The highest BCUT2D eigenvalue weighted by Gasteiger charge is 2.31. The summed E-state index contributed by atoms with van der Waals surface area (Å²) in [6.45, 7) is 9.50. The molecule has 0 aliphatic carbocycles. The standard InChI is InChI=1S/C18H27IN2O3/c1-13(20-16-8-6-5-7-15(16)19)11-14-12-23-10-9-21(14)17(22)24-18(2,3)4/h5-8,13-14,20H,9-12H2,1-4H3. The Morgan fingerprint density at radius 3 is 2.83 bits per heavy atom. The van der Waals surface area contributed by atoms with Gasteiger partial charge in [0.05, 0.1) is 19.3 Å². The predicted octanol–water partition coefficient (Wildman–Crippen LogP) is 4.12. The van der Waals surface area contributed by atoms with E-state index in [1.54, 1.807) is 0 Å². The van der Waals surface area contributed by atoms with E-state index in [-0.39, 0.29) is 18.2 Å². The third kappa shape index (κ3) is 5.81. The molecule has 1 amide bonds. The van der Waals surface area contributed by atoms with Crippen LogP contribution in [0, 0.1) is 3.57 Å². The van der Waals surface area contributed by atoms with E-state index < -0.39 is 5.60 Å². The van der Waals surface area contributed by atoms with Crippen LogP contribution in [-0.4, -0.2) is 48.4 Å². The third-order valence-electron chi connectivity index (χ3n) is 3.76. The maximum Gasteiger partial charge on any atom is 0.410 e. The second-order valence-electron chi connectivity index (χ2n) is 7.16. The monoisotopic (exact) mass is 446 g/mol. The summed E-state index contributed by atoms with van der Waals surface area (Å²) in [5, 5.41) is 3.52. The first-order chi connectivity index (χ1) is 11.3. The molecule has 0 aromatic heterocycles. The van der Waals surface area contributed by atoms with Crippen LogP contribution in [-0.2, 0) is 9.47 Å². The largest absolute Gasteiger partial charge is 0.444 e. The van der Waals surface area contributed by atoms with E-state index >= 15 is 0 Å². The van der Waals surface area contributed by atoms with Crippen LogP contribution in [0.5, 0.6) is 0 Å². The lowest BCUT2D eigenvalue weighted by Crippen LogP contribution is -2.51. The summed E-state index contributed by atoms with van der Waals surface area (Å²) in [6, 6.07) is 8.44. The second kappa shape index (κ2) is 8.38. The maximum absolute atomic E-state index is 12.4. The van der Waals surface area contributed by atoms with Crippen LogP contribution >= 0.6 is 22.6 Å². The number of morpholine rings is 1. The summed E-state index contributed by atoms with van der Waals surface area (Å²) in [7, 11) is 0. The van der Waals surface area contributed by atoms with Crippen LogP contribution in [0.2, 0.25) is 0 Å². The van der Waals surface area contributed by atoms with E-state index in [0.29, 0.717) is 19.8 Å². The molecule has 1 aliphatic heterocycles. The fourth-order valence-electron chi connectivity index (χ4n) is 2.72. The number of halogens is 1. The molecule has 2 atom stereocenters. The molecule has 0 saturated carbocycles. The molecule has 0 radical (unpaired) electrons. The summed E-state index contributed by atoms with van der Waals surface area (Å²) in [5.41, 5.74) is 0.635. The highest BCUT2D eigenvalue weighted by atomic mass is 127. The predicted molar refractivity (Wildman–Crippen MR) is 104 cm³/mol. The molecule has 6 heteroatoms. The van der Waals surface area contributed by atoms with Crippen molar-refractivity contribution in [2.45, 2.75) is 51.8 Å². The molecule has 2 unspecified atom stereocenters. The molecule has 0 bridgehead atoms. The molecule has 2 rings (SSSR count). The van der Waals surface area contributed by atoms with Gasteiger partial charge in [0.2, 0.25) is 0 Å². The third-order valence-corrected chi connectivity index (χ3v) is 4.70. The van der Waals surface area contributed by atoms with Crippen LogP contribution < -0.4 is 5.32 Å². The van der Waals surface area contributed by atoms with Gasteiger partial charge in [-0.05, 0) is 68.8 Å². The Kier molecular flexibility index (Phi) is 6.74. The second-order valence-corrected chi connectivity index (χ2v) is 8.33. The number of amides is 1. The molecule has 1 N–H and O–H groups in total. The molecule has 24 heavy (non-hydrogen) atoms. The molecular formula is C18H27IN2O3. The SMILES string of the molecule is CC(CC1COCCN1C(=O)OC(C)(C)C)Nc1ccccc1I. The Hall–Kier alpha value is -1.02. The lowest BCUT2D eigenvalue weighted by molar-refractivity contribution is -0.0345. The molecule has 0 spiro atoms. The van der Waals surface area contributed by atoms with Gasteiger partial charge in [-0.2, -0.15) is 0 Å². The van der Waals surface area contributed by atoms with Crippen molar-refractivity contribution in [1.82, 2.24) is 4.90 Å². The fraction of sp³-hybridized carbons (Fsp3) is 0.611. The van der Waals surface area contributed by atoms with Gasteiger partial charge in [0.1, 0.15) is 5.60 Å². The van der Waals surface area contributed by atoms with Crippen molar-refractivity contribution in [3.8, 4) is 0 Å². The number of hydrogen-bond donors (Lipinski definition) is 1. The highest BCUT2D eigenvalue weighted by Crippen LogP contribution is 2.21. The van der Waals surface area contributed by atoms with Crippen molar-refractivity contribution in [3.05, 3.63) is 27.8 Å². The van der Waals surface area contributed by atoms with Gasteiger partial charge in [0.15, 0.2) is 0 Å². The first kappa shape index (κ1) is 19.3. The van der Waals surface area contributed by atoms with Crippen LogP contribution in [0.15, 0.2) is 24.3 Å². The van der Waals surface area contributed by atoms with Gasteiger partial charge in [-0.3, -0.25) is 0 Å². The number of para-hydroxylation sites is 1. The van der Waals surface area contributed by atoms with Crippen molar-refractivity contribution < 1.29 is 14.3 Å². The van der Waals surface area contributed by atoms with Gasteiger partial charge in [0.25, 0.3) is 0 Å². The Bertz CT molecular complexity index is 559. The van der Waals surface area contributed by atoms with Gasteiger partial charge in [-0.15, -0.1) is 0 Å². The van der Waals surface area contributed by atoms with E-state index in [4.69, 9.17) is 9.47 Å². The fourth-order valence-corrected chi connectivity index (χ4v) is 3.26. The summed E-state index contributed by atoms with van der Waals surface area (Å²) >= 11 is 2.32. The first-order valence-electron chi connectivity index (χ1n) is 8.34. The van der Waals surface area contributed by atoms with E-state index in [2.05, 4.69) is 47.0 Å². The lowest BCUT2D eigenvalue weighted by atomic mass is 10.1. The summed E-state index contributed by atoms with van der Waals surface area (Å²) < 4.78 is 12.3. The van der Waals surface area contributed by atoms with Crippen molar-refractivity contribution in [2.75, 3.05) is 25.1 Å². The van der Waals surface area contributed by atoms with Crippen LogP contribution in [0.25, 0.3) is 0 Å². The van der Waals surface area contributed by atoms with E-state index in [9.17, 15) is 4.79 Å². The minimum absolute atomic E-state index is 0.0254. The number of hydrogen-bond acceptors (Lipinski definition) is 4.